The van der Waals surface area contributed by atoms with Gasteiger partial charge in [0.15, 0.2) is 0 Å². The molecule has 36 heavy (non-hydrogen) atoms. The fraction of sp³-hybridized carbons (Fsp3) is 0.148. The van der Waals surface area contributed by atoms with Crippen molar-refractivity contribution in [3.05, 3.63) is 94.8 Å². The molecule has 5 rings (SSSR count). The molecular formula is C27H27N5O2S2. The minimum absolute atomic E-state index is 0.0225. The van der Waals surface area contributed by atoms with Gasteiger partial charge in [0.25, 0.3) is 0 Å². The van der Waals surface area contributed by atoms with E-state index in [0.717, 1.165) is 27.7 Å². The first kappa shape index (κ1) is 25.3. The van der Waals surface area contributed by atoms with E-state index in [2.05, 4.69) is 40.1 Å². The lowest BCUT2D eigenvalue weighted by Crippen LogP contribution is -2.37. The largest absolute Gasteiger partial charge is 0.397 e. The van der Waals surface area contributed by atoms with E-state index in [1.165, 1.54) is 16.6 Å². The summed E-state index contributed by atoms with van der Waals surface area (Å²) in [5, 5.41) is 8.61. The number of fused-ring (bicyclic) bond motifs is 1. The SMILES string of the molecule is Cc1cccs1.Nc1ccc(SCC(=O)Nc2ccc(CN3CC(=O)Nc4ccccc43)cc2)nc1. The number of anilines is 4. The number of aryl methyl sites for hydroxylation is 1. The molecule has 1 aliphatic heterocycles. The van der Waals surface area contributed by atoms with Crippen molar-refractivity contribution in [2.45, 2.75) is 18.5 Å². The van der Waals surface area contributed by atoms with Crippen molar-refractivity contribution in [3.63, 3.8) is 0 Å². The smallest absolute Gasteiger partial charge is 0.243 e. The van der Waals surface area contributed by atoms with Crippen LogP contribution in [0.15, 0.2) is 89.4 Å². The number of benzene rings is 2. The van der Waals surface area contributed by atoms with Crippen LogP contribution >= 0.6 is 23.1 Å². The van der Waals surface area contributed by atoms with Crippen molar-refractivity contribution >= 4 is 57.7 Å². The van der Waals surface area contributed by atoms with Gasteiger partial charge in [-0.3, -0.25) is 9.59 Å². The van der Waals surface area contributed by atoms with Crippen LogP contribution in [0.25, 0.3) is 0 Å². The first-order valence-electron chi connectivity index (χ1n) is 11.3. The molecule has 0 saturated carbocycles. The third-order valence-electron chi connectivity index (χ3n) is 5.24. The number of hydrogen-bond acceptors (Lipinski definition) is 7. The number of nitrogen functional groups attached to an aromatic ring is 1. The lowest BCUT2D eigenvalue weighted by Gasteiger charge is -2.30. The predicted octanol–water partition coefficient (Wildman–Crippen LogP) is 5.41. The summed E-state index contributed by atoms with van der Waals surface area (Å²) in [6.07, 6.45) is 1.57. The first-order chi connectivity index (χ1) is 17.5. The van der Waals surface area contributed by atoms with E-state index in [1.807, 2.05) is 53.4 Å². The van der Waals surface area contributed by atoms with Crippen LogP contribution in [-0.4, -0.2) is 29.1 Å². The number of carbonyl (C=O) groups is 2. The summed E-state index contributed by atoms with van der Waals surface area (Å²) >= 11 is 3.13. The number of thiophene rings is 1. The van der Waals surface area contributed by atoms with Gasteiger partial charge in [-0.2, -0.15) is 0 Å². The molecule has 0 atom stereocenters. The number of nitrogens with one attached hydrogen (secondary N) is 2. The lowest BCUT2D eigenvalue weighted by molar-refractivity contribution is -0.115. The Hall–Kier alpha value is -3.82. The number of pyridine rings is 1. The van der Waals surface area contributed by atoms with E-state index in [0.29, 0.717) is 18.8 Å². The summed E-state index contributed by atoms with van der Waals surface area (Å²) in [4.78, 5) is 31.8. The fourth-order valence-electron chi connectivity index (χ4n) is 3.53. The minimum Gasteiger partial charge on any atom is -0.397 e. The zero-order valence-corrected chi connectivity index (χ0v) is 21.4. The Morgan fingerprint density at radius 3 is 2.58 bits per heavy atom. The van der Waals surface area contributed by atoms with Crippen LogP contribution in [0.3, 0.4) is 0 Å². The molecule has 7 nitrogen and oxygen atoms in total. The fourth-order valence-corrected chi connectivity index (χ4v) is 4.70. The second-order valence-electron chi connectivity index (χ2n) is 8.11. The van der Waals surface area contributed by atoms with Gasteiger partial charge in [0.1, 0.15) is 0 Å². The van der Waals surface area contributed by atoms with Crippen molar-refractivity contribution in [2.24, 2.45) is 0 Å². The highest BCUT2D eigenvalue weighted by atomic mass is 32.2. The molecule has 0 spiro atoms. The second-order valence-corrected chi connectivity index (χ2v) is 10.3. The highest BCUT2D eigenvalue weighted by Gasteiger charge is 2.21. The minimum atomic E-state index is -0.104. The van der Waals surface area contributed by atoms with Crippen LogP contribution in [-0.2, 0) is 16.1 Å². The maximum Gasteiger partial charge on any atom is 0.243 e. The molecule has 0 saturated heterocycles. The Bertz CT molecular complexity index is 1290. The number of carbonyl (C=O) groups excluding carboxylic acids is 2. The van der Waals surface area contributed by atoms with Gasteiger partial charge in [-0.05, 0) is 60.3 Å². The third kappa shape index (κ3) is 7.34. The van der Waals surface area contributed by atoms with Gasteiger partial charge in [0.05, 0.1) is 40.6 Å². The summed E-state index contributed by atoms with van der Waals surface area (Å²) in [6, 6.07) is 23.1. The Morgan fingerprint density at radius 1 is 1.11 bits per heavy atom. The number of aromatic nitrogens is 1. The van der Waals surface area contributed by atoms with Gasteiger partial charge in [0, 0.05) is 17.1 Å². The molecule has 0 aliphatic carbocycles. The monoisotopic (exact) mass is 517 g/mol. The van der Waals surface area contributed by atoms with E-state index in [9.17, 15) is 9.59 Å². The maximum atomic E-state index is 12.2. The second kappa shape index (κ2) is 12.2. The highest BCUT2D eigenvalue weighted by Crippen LogP contribution is 2.30. The van der Waals surface area contributed by atoms with E-state index >= 15 is 0 Å². The van der Waals surface area contributed by atoms with E-state index in [4.69, 9.17) is 5.73 Å². The van der Waals surface area contributed by atoms with Crippen molar-refractivity contribution in [2.75, 3.05) is 33.6 Å². The number of rotatable bonds is 6. The molecule has 0 bridgehead atoms. The van der Waals surface area contributed by atoms with Crippen LogP contribution in [0.5, 0.6) is 0 Å². The normalized spacial score (nSPS) is 12.1. The van der Waals surface area contributed by atoms with Gasteiger partial charge in [0.2, 0.25) is 11.8 Å². The van der Waals surface area contributed by atoms with Gasteiger partial charge < -0.3 is 21.3 Å². The van der Waals surface area contributed by atoms with Crippen LogP contribution in [0.2, 0.25) is 0 Å². The zero-order valence-electron chi connectivity index (χ0n) is 19.8. The predicted molar refractivity (Wildman–Crippen MR) is 150 cm³/mol. The first-order valence-corrected chi connectivity index (χ1v) is 13.2. The van der Waals surface area contributed by atoms with Gasteiger partial charge in [-0.15, -0.1) is 11.3 Å². The molecule has 0 radical (unpaired) electrons. The molecular weight excluding hydrogens is 490 g/mol. The average Bonchev–Trinajstić information content (AvgIpc) is 3.36. The molecule has 4 aromatic rings. The molecule has 4 N–H and O–H groups in total. The van der Waals surface area contributed by atoms with Crippen LogP contribution in [0.1, 0.15) is 10.4 Å². The number of hydrogen-bond donors (Lipinski definition) is 3. The molecule has 2 amide bonds. The topological polar surface area (TPSA) is 100 Å². The molecule has 184 valence electrons. The van der Waals surface area contributed by atoms with Gasteiger partial charge in [-0.25, -0.2) is 4.98 Å². The summed E-state index contributed by atoms with van der Waals surface area (Å²) in [5.41, 5.74) is 9.82. The van der Waals surface area contributed by atoms with Crippen molar-refractivity contribution < 1.29 is 9.59 Å². The molecule has 1 aliphatic rings. The quantitative estimate of drug-likeness (QED) is 0.296. The number of thioether (sulfide) groups is 1. The van der Waals surface area contributed by atoms with Crippen LogP contribution in [0, 0.1) is 6.92 Å². The van der Waals surface area contributed by atoms with Gasteiger partial charge >= 0.3 is 0 Å². The van der Waals surface area contributed by atoms with Crippen LogP contribution in [0.4, 0.5) is 22.7 Å². The summed E-state index contributed by atoms with van der Waals surface area (Å²) in [5.74, 6) is 0.136. The molecule has 2 aromatic carbocycles. The zero-order chi connectivity index (χ0) is 25.3. The van der Waals surface area contributed by atoms with Crippen molar-refractivity contribution in [1.82, 2.24) is 4.98 Å². The molecule has 3 heterocycles. The Morgan fingerprint density at radius 2 is 1.92 bits per heavy atom. The third-order valence-corrected chi connectivity index (χ3v) is 6.98. The highest BCUT2D eigenvalue weighted by molar-refractivity contribution is 7.99. The van der Waals surface area contributed by atoms with Crippen LogP contribution < -0.4 is 21.3 Å². The van der Waals surface area contributed by atoms with E-state index in [-0.39, 0.29) is 17.6 Å². The van der Waals surface area contributed by atoms with Crippen molar-refractivity contribution in [3.8, 4) is 0 Å². The van der Waals surface area contributed by atoms with Crippen molar-refractivity contribution in [1.29, 1.82) is 0 Å². The summed E-state index contributed by atoms with van der Waals surface area (Å²) in [6.45, 7) is 3.02. The molecule has 9 heteroatoms. The standard InChI is InChI=1S/C22H21N5O2S.C5H6S/c23-16-7-10-22(24-11-16)30-14-21(29)25-17-8-5-15(6-9-17)12-27-13-20(28)26-18-3-1-2-4-19(18)27;1-5-3-2-4-6-5/h1-11H,12-14,23H2,(H,25,29)(H,26,28);2-4H,1H3. The Balaban J connectivity index is 0.000000445. The Kier molecular flexibility index (Phi) is 8.59. The molecule has 0 unspecified atom stereocenters. The lowest BCUT2D eigenvalue weighted by atomic mass is 10.1. The number of amides is 2. The number of nitrogens with two attached hydrogens (primary N) is 1. The van der Waals surface area contributed by atoms with E-state index < -0.39 is 0 Å². The Labute approximate surface area is 218 Å². The maximum absolute atomic E-state index is 12.2. The molecule has 2 aromatic heterocycles. The van der Waals surface area contributed by atoms with E-state index in [1.54, 1.807) is 29.7 Å². The number of nitrogens with zero attached hydrogens (tertiary/aromatic N) is 2. The number of para-hydroxylation sites is 2. The summed E-state index contributed by atoms with van der Waals surface area (Å²) in [7, 11) is 0. The summed E-state index contributed by atoms with van der Waals surface area (Å²) < 4.78 is 0. The average molecular weight is 518 g/mol. The van der Waals surface area contributed by atoms with Gasteiger partial charge in [-0.1, -0.05) is 42.1 Å². The molecule has 0 fully saturated rings.